The van der Waals surface area contributed by atoms with Gasteiger partial charge in [-0.05, 0) is 40.6 Å². The van der Waals surface area contributed by atoms with Crippen molar-refractivity contribution < 1.29 is 14.3 Å². The summed E-state index contributed by atoms with van der Waals surface area (Å²) in [5, 5.41) is 13.9. The number of carbonyl (C=O) groups is 1. The summed E-state index contributed by atoms with van der Waals surface area (Å²) in [6.07, 6.45) is 0. The summed E-state index contributed by atoms with van der Waals surface area (Å²) < 4.78 is 11.4. The van der Waals surface area contributed by atoms with Gasteiger partial charge >= 0.3 is 0 Å². The van der Waals surface area contributed by atoms with Crippen LogP contribution in [-0.2, 0) is 10.5 Å². The number of rotatable bonds is 8. The van der Waals surface area contributed by atoms with Crippen LogP contribution in [0, 0.1) is 0 Å². The zero-order valence-corrected chi connectivity index (χ0v) is 17.8. The minimum Gasteiger partial charge on any atom is -0.497 e. The van der Waals surface area contributed by atoms with Gasteiger partial charge in [-0.3, -0.25) is 10.1 Å². The molecule has 1 heterocycles. The number of ether oxygens (including phenoxy) is 2. The SMILES string of the molecule is COc1ccc(OCC(=O)Nc2nnc(SCc3cccc4ccccc34)s2)cc1. The lowest BCUT2D eigenvalue weighted by atomic mass is 10.1. The van der Waals surface area contributed by atoms with Gasteiger partial charge < -0.3 is 9.47 Å². The summed E-state index contributed by atoms with van der Waals surface area (Å²) in [7, 11) is 1.60. The van der Waals surface area contributed by atoms with Crippen molar-refractivity contribution >= 4 is 44.9 Å². The summed E-state index contributed by atoms with van der Waals surface area (Å²) in [5.74, 6) is 1.82. The van der Waals surface area contributed by atoms with Crippen LogP contribution in [0.1, 0.15) is 5.56 Å². The molecule has 0 spiro atoms. The number of thioether (sulfide) groups is 1. The highest BCUT2D eigenvalue weighted by molar-refractivity contribution is 8.00. The van der Waals surface area contributed by atoms with E-state index in [-0.39, 0.29) is 12.5 Å². The van der Waals surface area contributed by atoms with Crippen LogP contribution in [0.15, 0.2) is 71.1 Å². The molecule has 8 heteroatoms. The number of aromatic nitrogens is 2. The van der Waals surface area contributed by atoms with E-state index in [4.69, 9.17) is 9.47 Å². The van der Waals surface area contributed by atoms with Crippen molar-refractivity contribution in [1.29, 1.82) is 0 Å². The van der Waals surface area contributed by atoms with Gasteiger partial charge in [0.25, 0.3) is 5.91 Å². The zero-order valence-electron chi connectivity index (χ0n) is 16.2. The number of fused-ring (bicyclic) bond motifs is 1. The predicted octanol–water partition coefficient (Wildman–Crippen LogP) is 5.01. The Morgan fingerprint density at radius 1 is 1.00 bits per heavy atom. The second-order valence-corrected chi connectivity index (χ2v) is 8.51. The van der Waals surface area contributed by atoms with Gasteiger partial charge in [0.1, 0.15) is 11.5 Å². The Labute approximate surface area is 182 Å². The molecular formula is C22H19N3O3S2. The van der Waals surface area contributed by atoms with E-state index >= 15 is 0 Å². The third kappa shape index (κ3) is 5.08. The standard InChI is InChI=1S/C22H19N3O3S2/c1-27-17-9-11-18(12-10-17)28-13-20(26)23-21-24-25-22(30-21)29-14-16-7-4-6-15-5-2-3-8-19(15)16/h2-12H,13-14H2,1H3,(H,23,24,26). The first-order valence-corrected chi connectivity index (χ1v) is 11.0. The minimum absolute atomic E-state index is 0.107. The van der Waals surface area contributed by atoms with Gasteiger partial charge in [-0.25, -0.2) is 0 Å². The predicted molar refractivity (Wildman–Crippen MR) is 121 cm³/mol. The molecule has 0 radical (unpaired) electrons. The molecule has 6 nitrogen and oxygen atoms in total. The molecular weight excluding hydrogens is 418 g/mol. The fraction of sp³-hybridized carbons (Fsp3) is 0.136. The maximum atomic E-state index is 12.1. The van der Waals surface area contributed by atoms with Crippen molar-refractivity contribution in [1.82, 2.24) is 10.2 Å². The van der Waals surface area contributed by atoms with E-state index in [2.05, 4.69) is 45.8 Å². The molecule has 3 aromatic carbocycles. The Balaban J connectivity index is 1.29. The van der Waals surface area contributed by atoms with E-state index in [0.717, 1.165) is 15.8 Å². The molecule has 0 fully saturated rings. The molecule has 1 amide bonds. The van der Waals surface area contributed by atoms with Crippen molar-refractivity contribution in [3.8, 4) is 11.5 Å². The highest BCUT2D eigenvalue weighted by atomic mass is 32.2. The van der Waals surface area contributed by atoms with Crippen molar-refractivity contribution in [2.45, 2.75) is 10.1 Å². The molecule has 0 bridgehead atoms. The van der Waals surface area contributed by atoms with Crippen molar-refractivity contribution in [2.75, 3.05) is 19.0 Å². The second kappa shape index (κ2) is 9.60. The first kappa shape index (κ1) is 20.2. The van der Waals surface area contributed by atoms with Crippen LogP contribution < -0.4 is 14.8 Å². The normalized spacial score (nSPS) is 10.7. The van der Waals surface area contributed by atoms with Gasteiger partial charge in [0.2, 0.25) is 5.13 Å². The highest BCUT2D eigenvalue weighted by Crippen LogP contribution is 2.30. The monoisotopic (exact) mass is 437 g/mol. The topological polar surface area (TPSA) is 73.3 Å². The first-order valence-electron chi connectivity index (χ1n) is 9.21. The lowest BCUT2D eigenvalue weighted by Gasteiger charge is -2.06. The number of nitrogens with one attached hydrogen (secondary N) is 1. The van der Waals surface area contributed by atoms with E-state index in [1.807, 2.05) is 12.1 Å². The summed E-state index contributed by atoms with van der Waals surface area (Å²) in [4.78, 5) is 12.1. The Bertz CT molecular complexity index is 1140. The van der Waals surface area contributed by atoms with Crippen LogP contribution in [0.25, 0.3) is 10.8 Å². The molecule has 0 aliphatic rings. The third-order valence-electron chi connectivity index (χ3n) is 4.31. The number of anilines is 1. The largest absolute Gasteiger partial charge is 0.497 e. The fourth-order valence-electron chi connectivity index (χ4n) is 2.85. The molecule has 0 saturated carbocycles. The first-order chi connectivity index (χ1) is 14.7. The molecule has 0 aliphatic heterocycles. The van der Waals surface area contributed by atoms with Crippen molar-refractivity contribution in [3.05, 3.63) is 72.3 Å². The Hall–Kier alpha value is -3.10. The molecule has 0 saturated heterocycles. The summed E-state index contributed by atoms with van der Waals surface area (Å²) >= 11 is 2.95. The number of amides is 1. The van der Waals surface area contributed by atoms with Gasteiger partial charge in [0.15, 0.2) is 10.9 Å². The van der Waals surface area contributed by atoms with E-state index in [1.54, 1.807) is 43.1 Å². The molecule has 152 valence electrons. The van der Waals surface area contributed by atoms with Gasteiger partial charge in [-0.2, -0.15) is 0 Å². The lowest BCUT2D eigenvalue weighted by Crippen LogP contribution is -2.20. The van der Waals surface area contributed by atoms with E-state index in [1.165, 1.54) is 27.7 Å². The van der Waals surface area contributed by atoms with E-state index in [9.17, 15) is 4.79 Å². The Morgan fingerprint density at radius 2 is 1.77 bits per heavy atom. The lowest BCUT2D eigenvalue weighted by molar-refractivity contribution is -0.118. The van der Waals surface area contributed by atoms with Gasteiger partial charge in [0, 0.05) is 5.75 Å². The molecule has 0 aliphatic carbocycles. The Kier molecular flexibility index (Phi) is 6.46. The van der Waals surface area contributed by atoms with Crippen LogP contribution in [0.2, 0.25) is 0 Å². The second-order valence-electron chi connectivity index (χ2n) is 6.31. The molecule has 4 aromatic rings. The molecule has 1 aromatic heterocycles. The van der Waals surface area contributed by atoms with Crippen LogP contribution in [0.3, 0.4) is 0 Å². The third-order valence-corrected chi connectivity index (χ3v) is 6.33. The molecule has 30 heavy (non-hydrogen) atoms. The van der Waals surface area contributed by atoms with Crippen molar-refractivity contribution in [3.63, 3.8) is 0 Å². The molecule has 1 N–H and O–H groups in total. The quantitative estimate of drug-likeness (QED) is 0.309. The van der Waals surface area contributed by atoms with Gasteiger partial charge in [-0.1, -0.05) is 65.6 Å². The maximum Gasteiger partial charge on any atom is 0.264 e. The summed E-state index contributed by atoms with van der Waals surface area (Å²) in [6, 6.07) is 21.7. The number of methoxy groups -OCH3 is 1. The van der Waals surface area contributed by atoms with Crippen molar-refractivity contribution in [2.24, 2.45) is 0 Å². The Morgan fingerprint density at radius 3 is 2.60 bits per heavy atom. The van der Waals surface area contributed by atoms with Crippen LogP contribution in [0.4, 0.5) is 5.13 Å². The van der Waals surface area contributed by atoms with Gasteiger partial charge in [-0.15, -0.1) is 10.2 Å². The molecule has 0 atom stereocenters. The maximum absolute atomic E-state index is 12.1. The van der Waals surface area contributed by atoms with E-state index < -0.39 is 0 Å². The number of carbonyl (C=O) groups excluding carboxylic acids is 1. The number of nitrogens with zero attached hydrogens (tertiary/aromatic N) is 2. The zero-order chi connectivity index (χ0) is 20.8. The summed E-state index contributed by atoms with van der Waals surface area (Å²) in [6.45, 7) is -0.107. The average molecular weight is 438 g/mol. The number of hydrogen-bond acceptors (Lipinski definition) is 7. The summed E-state index contributed by atoms with van der Waals surface area (Å²) in [5.41, 5.74) is 1.24. The average Bonchev–Trinajstić information content (AvgIpc) is 3.23. The highest BCUT2D eigenvalue weighted by Gasteiger charge is 2.10. The fourth-order valence-corrected chi connectivity index (χ4v) is 4.62. The van der Waals surface area contributed by atoms with Crippen LogP contribution >= 0.6 is 23.1 Å². The molecule has 0 unspecified atom stereocenters. The van der Waals surface area contributed by atoms with Crippen LogP contribution in [0.5, 0.6) is 11.5 Å². The minimum atomic E-state index is -0.285. The van der Waals surface area contributed by atoms with Gasteiger partial charge in [0.05, 0.1) is 7.11 Å². The number of hydrogen-bond donors (Lipinski definition) is 1. The number of benzene rings is 3. The van der Waals surface area contributed by atoms with E-state index in [0.29, 0.717) is 10.9 Å². The smallest absolute Gasteiger partial charge is 0.264 e. The van der Waals surface area contributed by atoms with Crippen LogP contribution in [-0.4, -0.2) is 29.8 Å². The molecule has 4 rings (SSSR count).